The lowest BCUT2D eigenvalue weighted by molar-refractivity contribution is 0.189. The molecule has 106 valence electrons. The molecule has 0 aliphatic rings. The fourth-order valence-electron chi connectivity index (χ4n) is 1.98. The number of aryl methyl sites for hydroxylation is 1. The summed E-state index contributed by atoms with van der Waals surface area (Å²) in [6.07, 6.45) is 1.11. The van der Waals surface area contributed by atoms with E-state index in [1.807, 2.05) is 37.3 Å². The number of pyridine rings is 1. The first-order valence-electron chi connectivity index (χ1n) is 6.51. The third-order valence-corrected chi connectivity index (χ3v) is 3.05. The Morgan fingerprint density at radius 2 is 2.10 bits per heavy atom. The minimum atomic E-state index is -0.568. The first-order valence-corrected chi connectivity index (χ1v) is 6.51. The van der Waals surface area contributed by atoms with E-state index in [0.29, 0.717) is 18.2 Å². The first-order chi connectivity index (χ1) is 9.61. The summed E-state index contributed by atoms with van der Waals surface area (Å²) in [7, 11) is 1.58. The van der Waals surface area contributed by atoms with Gasteiger partial charge in [0.25, 0.3) is 0 Å². The molecule has 0 fully saturated rings. The van der Waals surface area contributed by atoms with Gasteiger partial charge in [-0.15, -0.1) is 0 Å². The van der Waals surface area contributed by atoms with Crippen molar-refractivity contribution in [3.05, 3.63) is 53.2 Å². The molecule has 0 saturated carbocycles. The highest BCUT2D eigenvalue weighted by molar-refractivity contribution is 5.39. The van der Waals surface area contributed by atoms with Crippen LogP contribution in [-0.4, -0.2) is 17.2 Å². The monoisotopic (exact) mass is 273 g/mol. The first kappa shape index (κ1) is 14.3. The normalized spacial score (nSPS) is 12.0. The van der Waals surface area contributed by atoms with E-state index in [-0.39, 0.29) is 0 Å². The Morgan fingerprint density at radius 3 is 2.80 bits per heavy atom. The minimum Gasteiger partial charge on any atom is -0.488 e. The summed E-state index contributed by atoms with van der Waals surface area (Å²) in [5.41, 5.74) is 2.73. The Balaban J connectivity index is 2.20. The van der Waals surface area contributed by atoms with Crippen LogP contribution in [-0.2, 0) is 6.61 Å². The second kappa shape index (κ2) is 6.39. The molecule has 4 heteroatoms. The topological polar surface area (TPSA) is 51.6 Å². The number of hydrogen-bond acceptors (Lipinski definition) is 4. The number of methoxy groups -OCH3 is 1. The highest BCUT2D eigenvalue weighted by atomic mass is 16.5. The van der Waals surface area contributed by atoms with Gasteiger partial charge in [0.1, 0.15) is 12.4 Å². The Hall–Kier alpha value is -2.07. The van der Waals surface area contributed by atoms with Crippen LogP contribution < -0.4 is 9.47 Å². The van der Waals surface area contributed by atoms with Crippen LogP contribution >= 0.6 is 0 Å². The van der Waals surface area contributed by atoms with E-state index in [2.05, 4.69) is 4.98 Å². The summed E-state index contributed by atoms with van der Waals surface area (Å²) in [5.74, 6) is 1.24. The maximum absolute atomic E-state index is 9.78. The molecule has 1 N–H and O–H groups in total. The predicted molar refractivity (Wildman–Crippen MR) is 76.9 cm³/mol. The highest BCUT2D eigenvalue weighted by Crippen LogP contribution is 2.27. The fourth-order valence-corrected chi connectivity index (χ4v) is 1.98. The Bertz CT molecular complexity index is 582. The zero-order chi connectivity index (χ0) is 14.5. The number of aliphatic hydroxyl groups excluding tert-OH is 1. The van der Waals surface area contributed by atoms with Crippen LogP contribution in [0.1, 0.15) is 29.7 Å². The molecule has 1 heterocycles. The second-order valence-corrected chi connectivity index (χ2v) is 4.68. The number of rotatable bonds is 5. The SMILES string of the molecule is COc1ncccc1COc1cc(C)ccc1C(C)O. The summed E-state index contributed by atoms with van der Waals surface area (Å²) < 4.78 is 11.0. The lowest BCUT2D eigenvalue weighted by Gasteiger charge is -2.15. The van der Waals surface area contributed by atoms with Crippen molar-refractivity contribution in [3.63, 3.8) is 0 Å². The molecule has 1 unspecified atom stereocenters. The number of nitrogens with zero attached hydrogens (tertiary/aromatic N) is 1. The van der Waals surface area contributed by atoms with Crippen molar-refractivity contribution in [2.24, 2.45) is 0 Å². The molecule has 2 aromatic rings. The standard InChI is InChI=1S/C16H19NO3/c1-11-6-7-14(12(2)18)15(9-11)20-10-13-5-4-8-17-16(13)19-3/h4-9,12,18H,10H2,1-3H3. The van der Waals surface area contributed by atoms with Gasteiger partial charge in [0, 0.05) is 11.8 Å². The molecule has 0 aliphatic heterocycles. The Morgan fingerprint density at radius 1 is 1.30 bits per heavy atom. The average Bonchev–Trinajstić information content (AvgIpc) is 2.45. The Labute approximate surface area is 119 Å². The van der Waals surface area contributed by atoms with Crippen molar-refractivity contribution in [3.8, 4) is 11.6 Å². The summed E-state index contributed by atoms with van der Waals surface area (Å²) in [6.45, 7) is 4.06. The van der Waals surface area contributed by atoms with E-state index in [1.54, 1.807) is 20.2 Å². The van der Waals surface area contributed by atoms with E-state index >= 15 is 0 Å². The molecule has 0 saturated heterocycles. The van der Waals surface area contributed by atoms with Crippen molar-refractivity contribution in [2.75, 3.05) is 7.11 Å². The van der Waals surface area contributed by atoms with Gasteiger partial charge in [-0.3, -0.25) is 0 Å². The quantitative estimate of drug-likeness (QED) is 0.909. The van der Waals surface area contributed by atoms with Gasteiger partial charge in [0.15, 0.2) is 0 Å². The fraction of sp³-hybridized carbons (Fsp3) is 0.312. The molecule has 1 aromatic carbocycles. The van der Waals surface area contributed by atoms with Crippen molar-refractivity contribution >= 4 is 0 Å². The van der Waals surface area contributed by atoms with Gasteiger partial charge in [-0.25, -0.2) is 4.98 Å². The smallest absolute Gasteiger partial charge is 0.219 e. The van der Waals surface area contributed by atoms with Crippen molar-refractivity contribution in [2.45, 2.75) is 26.6 Å². The average molecular weight is 273 g/mol. The number of ether oxygens (including phenoxy) is 2. The van der Waals surface area contributed by atoms with E-state index < -0.39 is 6.10 Å². The minimum absolute atomic E-state index is 0.347. The molecule has 0 spiro atoms. The van der Waals surface area contributed by atoms with Gasteiger partial charge in [-0.2, -0.15) is 0 Å². The lowest BCUT2D eigenvalue weighted by Crippen LogP contribution is -2.03. The van der Waals surface area contributed by atoms with E-state index in [4.69, 9.17) is 9.47 Å². The van der Waals surface area contributed by atoms with Crippen LogP contribution in [0.2, 0.25) is 0 Å². The van der Waals surface area contributed by atoms with Crippen LogP contribution in [0.3, 0.4) is 0 Å². The van der Waals surface area contributed by atoms with Crippen LogP contribution in [0.4, 0.5) is 0 Å². The van der Waals surface area contributed by atoms with Crippen molar-refractivity contribution in [1.82, 2.24) is 4.98 Å². The Kier molecular flexibility index (Phi) is 4.58. The molecular formula is C16H19NO3. The summed E-state index contributed by atoms with van der Waals surface area (Å²) >= 11 is 0. The number of hydrogen-bond donors (Lipinski definition) is 1. The zero-order valence-electron chi connectivity index (χ0n) is 12.0. The van der Waals surface area contributed by atoms with Crippen molar-refractivity contribution < 1.29 is 14.6 Å². The van der Waals surface area contributed by atoms with Crippen LogP contribution in [0.25, 0.3) is 0 Å². The third kappa shape index (κ3) is 3.27. The lowest BCUT2D eigenvalue weighted by atomic mass is 10.1. The van der Waals surface area contributed by atoms with Crippen LogP contribution in [0, 0.1) is 6.92 Å². The number of benzene rings is 1. The number of aromatic nitrogens is 1. The van der Waals surface area contributed by atoms with Crippen LogP contribution in [0.15, 0.2) is 36.5 Å². The number of aliphatic hydroxyl groups is 1. The summed E-state index contributed by atoms with van der Waals surface area (Å²) in [4.78, 5) is 4.13. The zero-order valence-corrected chi connectivity index (χ0v) is 12.0. The van der Waals surface area contributed by atoms with Gasteiger partial charge < -0.3 is 14.6 Å². The van der Waals surface area contributed by atoms with Gasteiger partial charge in [-0.05, 0) is 37.6 Å². The van der Waals surface area contributed by atoms with E-state index in [9.17, 15) is 5.11 Å². The predicted octanol–water partition coefficient (Wildman–Crippen LogP) is 3.03. The molecule has 0 aliphatic carbocycles. The molecule has 2 rings (SSSR count). The molecule has 1 aromatic heterocycles. The second-order valence-electron chi connectivity index (χ2n) is 4.68. The molecule has 1 atom stereocenters. The molecule has 0 bridgehead atoms. The molecular weight excluding hydrogens is 254 g/mol. The molecule has 4 nitrogen and oxygen atoms in total. The maximum atomic E-state index is 9.78. The van der Waals surface area contributed by atoms with Gasteiger partial charge >= 0.3 is 0 Å². The largest absolute Gasteiger partial charge is 0.488 e. The molecule has 20 heavy (non-hydrogen) atoms. The van der Waals surface area contributed by atoms with Crippen molar-refractivity contribution in [1.29, 1.82) is 0 Å². The van der Waals surface area contributed by atoms with Gasteiger partial charge in [0.05, 0.1) is 18.8 Å². The highest BCUT2D eigenvalue weighted by Gasteiger charge is 2.11. The summed E-state index contributed by atoms with van der Waals surface area (Å²) in [6, 6.07) is 9.51. The van der Waals surface area contributed by atoms with Crippen LogP contribution in [0.5, 0.6) is 11.6 Å². The summed E-state index contributed by atoms with van der Waals surface area (Å²) in [5, 5.41) is 9.78. The maximum Gasteiger partial charge on any atom is 0.219 e. The van der Waals surface area contributed by atoms with E-state index in [1.165, 1.54) is 0 Å². The van der Waals surface area contributed by atoms with Gasteiger partial charge in [-0.1, -0.05) is 12.1 Å². The molecule has 0 amide bonds. The molecule has 0 radical (unpaired) electrons. The van der Waals surface area contributed by atoms with Gasteiger partial charge in [0.2, 0.25) is 5.88 Å². The van der Waals surface area contributed by atoms with E-state index in [0.717, 1.165) is 16.7 Å². The third-order valence-electron chi connectivity index (χ3n) is 3.05.